The number of hydrogen-bond donors (Lipinski definition) is 1. The lowest BCUT2D eigenvalue weighted by molar-refractivity contribution is 0.178. The Morgan fingerprint density at radius 2 is 1.95 bits per heavy atom. The first-order valence-corrected chi connectivity index (χ1v) is 6.98. The number of nitrogens with zero attached hydrogens (tertiary/aromatic N) is 1. The van der Waals surface area contributed by atoms with Crippen LogP contribution in [-0.4, -0.2) is 10.1 Å². The topological polar surface area (TPSA) is 33.1 Å². The van der Waals surface area contributed by atoms with Crippen LogP contribution in [0.1, 0.15) is 17.2 Å². The van der Waals surface area contributed by atoms with Crippen molar-refractivity contribution in [3.63, 3.8) is 0 Å². The van der Waals surface area contributed by atoms with E-state index in [2.05, 4.69) is 4.98 Å². The number of benzene rings is 2. The van der Waals surface area contributed by atoms with E-state index in [0.717, 1.165) is 16.5 Å². The number of fused-ring (bicyclic) bond motifs is 1. The van der Waals surface area contributed by atoms with Crippen LogP contribution >= 0.6 is 11.6 Å². The molecule has 0 saturated heterocycles. The molecule has 3 rings (SSSR count). The number of aliphatic hydroxyl groups is 1. The Labute approximate surface area is 126 Å². The van der Waals surface area contributed by atoms with E-state index < -0.39 is 11.9 Å². The Hall–Kier alpha value is -1.97. The van der Waals surface area contributed by atoms with Crippen LogP contribution in [0, 0.1) is 5.82 Å². The van der Waals surface area contributed by atoms with Gasteiger partial charge in [-0.1, -0.05) is 35.9 Å². The third kappa shape index (κ3) is 2.89. The fourth-order valence-corrected chi connectivity index (χ4v) is 2.50. The molecule has 0 bridgehead atoms. The minimum absolute atomic E-state index is 0.0558. The van der Waals surface area contributed by atoms with Gasteiger partial charge in [0.1, 0.15) is 5.82 Å². The molecule has 0 amide bonds. The lowest BCUT2D eigenvalue weighted by atomic mass is 9.99. The highest BCUT2D eigenvalue weighted by Gasteiger charge is 2.13. The molecule has 1 unspecified atom stereocenters. The van der Waals surface area contributed by atoms with Crippen molar-refractivity contribution in [2.24, 2.45) is 0 Å². The van der Waals surface area contributed by atoms with E-state index in [9.17, 15) is 9.50 Å². The van der Waals surface area contributed by atoms with E-state index in [-0.39, 0.29) is 5.02 Å². The van der Waals surface area contributed by atoms with Gasteiger partial charge in [0.15, 0.2) is 0 Å². The number of hydrogen-bond acceptors (Lipinski definition) is 2. The van der Waals surface area contributed by atoms with E-state index in [1.54, 1.807) is 12.3 Å². The average Bonchev–Trinajstić information content (AvgIpc) is 2.50. The van der Waals surface area contributed by atoms with Crippen molar-refractivity contribution >= 4 is 22.5 Å². The molecule has 0 aliphatic carbocycles. The quantitative estimate of drug-likeness (QED) is 0.782. The summed E-state index contributed by atoms with van der Waals surface area (Å²) in [5, 5.41) is 11.4. The van der Waals surface area contributed by atoms with E-state index >= 15 is 0 Å². The lowest BCUT2D eigenvalue weighted by Crippen LogP contribution is -2.03. The predicted molar refractivity (Wildman–Crippen MR) is 81.8 cm³/mol. The molecule has 3 aromatic rings. The van der Waals surface area contributed by atoms with Crippen LogP contribution in [0.2, 0.25) is 5.02 Å². The van der Waals surface area contributed by atoms with E-state index in [1.807, 2.05) is 30.3 Å². The molecule has 0 spiro atoms. The van der Waals surface area contributed by atoms with Gasteiger partial charge in [0.05, 0.1) is 16.6 Å². The predicted octanol–water partition coefficient (Wildman–Crippen LogP) is 4.30. The van der Waals surface area contributed by atoms with Gasteiger partial charge >= 0.3 is 0 Å². The molecule has 0 aliphatic rings. The Bertz CT molecular complexity index is 785. The highest BCUT2D eigenvalue weighted by molar-refractivity contribution is 6.30. The van der Waals surface area contributed by atoms with Crippen molar-refractivity contribution in [3.05, 3.63) is 76.7 Å². The largest absolute Gasteiger partial charge is 0.388 e. The Morgan fingerprint density at radius 1 is 1.14 bits per heavy atom. The Kier molecular flexibility index (Phi) is 3.86. The molecule has 4 heteroatoms. The molecule has 1 aromatic heterocycles. The number of aromatic nitrogens is 1. The van der Waals surface area contributed by atoms with Gasteiger partial charge in [0.25, 0.3) is 0 Å². The summed E-state index contributed by atoms with van der Waals surface area (Å²) in [6, 6.07) is 14.0. The summed E-state index contributed by atoms with van der Waals surface area (Å²) in [5.41, 5.74) is 2.37. The second-order valence-corrected chi connectivity index (χ2v) is 5.29. The minimum atomic E-state index is -0.789. The molecule has 0 saturated carbocycles. The smallest absolute Gasteiger partial charge is 0.142 e. The summed E-state index contributed by atoms with van der Waals surface area (Å²) in [6.45, 7) is 0. The third-order valence-corrected chi connectivity index (χ3v) is 3.79. The molecule has 0 fully saturated rings. The molecule has 21 heavy (non-hydrogen) atoms. The van der Waals surface area contributed by atoms with Gasteiger partial charge in [-0.3, -0.25) is 4.98 Å². The summed E-state index contributed by atoms with van der Waals surface area (Å²) in [6.07, 6.45) is 1.32. The average molecular weight is 302 g/mol. The maximum absolute atomic E-state index is 13.5. The van der Waals surface area contributed by atoms with Gasteiger partial charge in [-0.25, -0.2) is 4.39 Å². The number of aliphatic hydroxyl groups excluding tert-OH is 1. The van der Waals surface area contributed by atoms with Crippen LogP contribution in [0.4, 0.5) is 4.39 Å². The zero-order chi connectivity index (χ0) is 14.8. The Morgan fingerprint density at radius 3 is 2.76 bits per heavy atom. The lowest BCUT2D eigenvalue weighted by Gasteiger charge is -2.13. The van der Waals surface area contributed by atoms with Gasteiger partial charge in [-0.2, -0.15) is 0 Å². The second-order valence-electron chi connectivity index (χ2n) is 4.88. The molecule has 2 nitrogen and oxygen atoms in total. The van der Waals surface area contributed by atoms with E-state index in [1.165, 1.54) is 12.1 Å². The van der Waals surface area contributed by atoms with E-state index in [0.29, 0.717) is 12.0 Å². The maximum atomic E-state index is 13.5. The normalized spacial score (nSPS) is 12.5. The molecule has 0 aliphatic heterocycles. The van der Waals surface area contributed by atoms with Crippen LogP contribution in [0.3, 0.4) is 0 Å². The monoisotopic (exact) mass is 301 g/mol. The van der Waals surface area contributed by atoms with Crippen LogP contribution in [-0.2, 0) is 6.42 Å². The SMILES string of the molecule is OC(Cc1ccnc2ccccc12)c1ccc(Cl)c(F)c1. The van der Waals surface area contributed by atoms with E-state index in [4.69, 9.17) is 11.6 Å². The van der Waals surface area contributed by atoms with Gasteiger partial charge in [-0.05, 0) is 35.4 Å². The van der Waals surface area contributed by atoms with Crippen LogP contribution < -0.4 is 0 Å². The highest BCUT2D eigenvalue weighted by atomic mass is 35.5. The summed E-state index contributed by atoms with van der Waals surface area (Å²) in [5.74, 6) is -0.521. The van der Waals surface area contributed by atoms with Crippen LogP contribution in [0.15, 0.2) is 54.7 Å². The summed E-state index contributed by atoms with van der Waals surface area (Å²) in [7, 11) is 0. The minimum Gasteiger partial charge on any atom is -0.388 e. The summed E-state index contributed by atoms with van der Waals surface area (Å²) >= 11 is 5.66. The van der Waals surface area contributed by atoms with Crippen molar-refractivity contribution < 1.29 is 9.50 Å². The molecule has 2 aromatic carbocycles. The first kappa shape index (κ1) is 14.0. The maximum Gasteiger partial charge on any atom is 0.142 e. The highest BCUT2D eigenvalue weighted by Crippen LogP contribution is 2.25. The van der Waals surface area contributed by atoms with Crippen molar-refractivity contribution in [2.45, 2.75) is 12.5 Å². The summed E-state index contributed by atoms with van der Waals surface area (Å²) in [4.78, 5) is 4.29. The number of para-hydroxylation sites is 1. The first-order chi connectivity index (χ1) is 10.1. The Balaban J connectivity index is 1.92. The summed E-state index contributed by atoms with van der Waals surface area (Å²) < 4.78 is 13.5. The van der Waals surface area contributed by atoms with Crippen molar-refractivity contribution in [1.29, 1.82) is 0 Å². The molecular weight excluding hydrogens is 289 g/mol. The molecule has 1 atom stereocenters. The standard InChI is InChI=1S/C17H13ClFNO/c18-14-6-5-12(9-15(14)19)17(21)10-11-7-8-20-16-4-2-1-3-13(11)16/h1-9,17,21H,10H2. The number of pyridine rings is 1. The number of rotatable bonds is 3. The van der Waals surface area contributed by atoms with Crippen LogP contribution in [0.25, 0.3) is 10.9 Å². The van der Waals surface area contributed by atoms with Crippen molar-refractivity contribution in [1.82, 2.24) is 4.98 Å². The fourth-order valence-electron chi connectivity index (χ4n) is 2.38. The zero-order valence-electron chi connectivity index (χ0n) is 11.1. The molecule has 1 heterocycles. The van der Waals surface area contributed by atoms with Crippen LogP contribution in [0.5, 0.6) is 0 Å². The second kappa shape index (κ2) is 5.80. The number of halogens is 2. The molecule has 0 radical (unpaired) electrons. The van der Waals surface area contributed by atoms with Crippen molar-refractivity contribution in [3.8, 4) is 0 Å². The van der Waals surface area contributed by atoms with Gasteiger partial charge in [-0.15, -0.1) is 0 Å². The first-order valence-electron chi connectivity index (χ1n) is 6.61. The fraction of sp³-hybridized carbons (Fsp3) is 0.118. The molecule has 106 valence electrons. The zero-order valence-corrected chi connectivity index (χ0v) is 11.9. The van der Waals surface area contributed by atoms with Crippen molar-refractivity contribution in [2.75, 3.05) is 0 Å². The van der Waals surface area contributed by atoms with Gasteiger partial charge in [0, 0.05) is 18.0 Å². The van der Waals surface area contributed by atoms with Gasteiger partial charge < -0.3 is 5.11 Å². The molecule has 1 N–H and O–H groups in total. The van der Waals surface area contributed by atoms with Gasteiger partial charge in [0.2, 0.25) is 0 Å². The third-order valence-electron chi connectivity index (χ3n) is 3.48. The molecular formula is C17H13ClFNO.